The Morgan fingerprint density at radius 2 is 1.44 bits per heavy atom. The number of rotatable bonds is 2. The Balaban J connectivity index is 1.60. The van der Waals surface area contributed by atoms with Crippen molar-refractivity contribution in [1.29, 1.82) is 0 Å². The molecule has 4 aromatic carbocycles. The van der Waals surface area contributed by atoms with Gasteiger partial charge in [0.2, 0.25) is 0 Å². The molecule has 174 valence electrons. The number of hydrogen-bond acceptors (Lipinski definition) is 2. The molecule has 0 aliphatic carbocycles. The lowest BCUT2D eigenvalue weighted by molar-refractivity contribution is 0.590. The van der Waals surface area contributed by atoms with Crippen LogP contribution in [0.1, 0.15) is 26.3 Å². The molecule has 0 atom stereocenters. The summed E-state index contributed by atoms with van der Waals surface area (Å²) in [6.07, 6.45) is 2.02. The average Bonchev–Trinajstić information content (AvgIpc) is 3.41. The maximum absolute atomic E-state index is 5.06. The summed E-state index contributed by atoms with van der Waals surface area (Å²) in [6, 6.07) is 35.2. The lowest BCUT2D eigenvalue weighted by Gasteiger charge is -2.20. The lowest BCUT2D eigenvalue weighted by atomic mass is 9.87. The molecule has 0 aliphatic rings. The van der Waals surface area contributed by atoms with Gasteiger partial charge in [0.05, 0.1) is 16.6 Å². The summed E-state index contributed by atoms with van der Waals surface area (Å²) in [5.74, 6) is 0. The van der Waals surface area contributed by atoms with Gasteiger partial charge in [-0.3, -0.25) is 4.98 Å². The molecule has 3 aromatic heterocycles. The minimum Gasteiger partial charge on any atom is -0.308 e. The number of benzene rings is 4. The van der Waals surface area contributed by atoms with E-state index in [2.05, 4.69) is 122 Å². The van der Waals surface area contributed by atoms with Gasteiger partial charge in [0.15, 0.2) is 0 Å². The molecule has 0 aliphatic heterocycles. The van der Waals surface area contributed by atoms with Crippen LogP contribution in [0.4, 0.5) is 0 Å². The van der Waals surface area contributed by atoms with Gasteiger partial charge in [-0.1, -0.05) is 81.4 Å². The molecule has 36 heavy (non-hydrogen) atoms. The van der Waals surface area contributed by atoms with Crippen LogP contribution in [-0.4, -0.2) is 9.55 Å². The summed E-state index contributed by atoms with van der Waals surface area (Å²) in [5.41, 5.74) is 8.27. The highest BCUT2D eigenvalue weighted by Crippen LogP contribution is 2.41. The Morgan fingerprint density at radius 3 is 2.28 bits per heavy atom. The van der Waals surface area contributed by atoms with Gasteiger partial charge in [0.25, 0.3) is 0 Å². The van der Waals surface area contributed by atoms with E-state index in [0.717, 1.165) is 16.6 Å². The van der Waals surface area contributed by atoms with Gasteiger partial charge in [-0.15, -0.1) is 11.3 Å². The molecule has 7 aromatic rings. The zero-order chi connectivity index (χ0) is 24.4. The first-order valence-corrected chi connectivity index (χ1v) is 13.2. The zero-order valence-corrected chi connectivity index (χ0v) is 21.4. The zero-order valence-electron chi connectivity index (χ0n) is 20.6. The predicted molar refractivity (Wildman–Crippen MR) is 156 cm³/mol. The minimum atomic E-state index is 0.0704. The van der Waals surface area contributed by atoms with Crippen LogP contribution in [0.3, 0.4) is 0 Å². The monoisotopic (exact) mass is 482 g/mol. The molecule has 0 radical (unpaired) electrons. The number of fused-ring (bicyclic) bond motifs is 6. The third-order valence-corrected chi connectivity index (χ3v) is 8.31. The summed E-state index contributed by atoms with van der Waals surface area (Å²) in [7, 11) is 0. The molecule has 7 rings (SSSR count). The smallest absolute Gasteiger partial charge is 0.0964 e. The number of nitrogens with zero attached hydrogens (tertiary/aromatic N) is 2. The van der Waals surface area contributed by atoms with Gasteiger partial charge < -0.3 is 4.57 Å². The summed E-state index contributed by atoms with van der Waals surface area (Å²) < 4.78 is 5.04. The van der Waals surface area contributed by atoms with E-state index in [1.807, 2.05) is 17.5 Å². The van der Waals surface area contributed by atoms with Crippen molar-refractivity contribution in [1.82, 2.24) is 9.55 Å². The SMILES string of the molecule is CC(C)(C)c1cccc(-n2c3cc4sc5ccccc5c4cc3c3ncc(-c4ccccc4)cc32)c1. The van der Waals surface area contributed by atoms with Crippen molar-refractivity contribution >= 4 is 53.4 Å². The molecule has 0 saturated carbocycles. The van der Waals surface area contributed by atoms with Crippen LogP contribution in [0.5, 0.6) is 0 Å². The van der Waals surface area contributed by atoms with E-state index in [-0.39, 0.29) is 5.41 Å². The first-order valence-electron chi connectivity index (χ1n) is 12.4. The highest BCUT2D eigenvalue weighted by molar-refractivity contribution is 7.25. The van der Waals surface area contributed by atoms with E-state index < -0.39 is 0 Å². The fourth-order valence-corrected chi connectivity index (χ4v) is 6.40. The van der Waals surface area contributed by atoms with E-state index in [1.165, 1.54) is 47.9 Å². The van der Waals surface area contributed by atoms with Crippen LogP contribution >= 0.6 is 11.3 Å². The highest BCUT2D eigenvalue weighted by Gasteiger charge is 2.19. The summed E-state index contributed by atoms with van der Waals surface area (Å²) in [5, 5.41) is 3.82. The number of aromatic nitrogens is 2. The van der Waals surface area contributed by atoms with E-state index >= 15 is 0 Å². The van der Waals surface area contributed by atoms with Crippen LogP contribution in [0, 0.1) is 0 Å². The van der Waals surface area contributed by atoms with E-state index in [9.17, 15) is 0 Å². The maximum Gasteiger partial charge on any atom is 0.0964 e. The molecule has 0 fully saturated rings. The van der Waals surface area contributed by atoms with Gasteiger partial charge in [-0.2, -0.15) is 0 Å². The Morgan fingerprint density at radius 1 is 0.639 bits per heavy atom. The fraction of sp³-hybridized carbons (Fsp3) is 0.121. The topological polar surface area (TPSA) is 17.8 Å². The van der Waals surface area contributed by atoms with Crippen molar-refractivity contribution < 1.29 is 0 Å². The molecule has 3 heterocycles. The minimum absolute atomic E-state index is 0.0704. The van der Waals surface area contributed by atoms with Gasteiger partial charge in [0.1, 0.15) is 0 Å². The average molecular weight is 483 g/mol. The van der Waals surface area contributed by atoms with Crippen molar-refractivity contribution in [3.05, 3.63) is 109 Å². The van der Waals surface area contributed by atoms with Gasteiger partial charge in [0, 0.05) is 43.0 Å². The second kappa shape index (κ2) is 7.78. The summed E-state index contributed by atoms with van der Waals surface area (Å²) in [6.45, 7) is 6.81. The quantitative estimate of drug-likeness (QED) is 0.240. The summed E-state index contributed by atoms with van der Waals surface area (Å²) in [4.78, 5) is 5.06. The molecule has 0 N–H and O–H groups in total. The van der Waals surface area contributed by atoms with Gasteiger partial charge in [-0.05, 0) is 52.9 Å². The standard InChI is InChI=1S/C33H26N2S/c1-33(2,3)23-12-9-13-24(17-23)35-28-19-31-26(25-14-7-8-15-30(25)36-31)18-27(28)32-29(35)16-22(20-34-32)21-10-5-4-6-11-21/h4-20H,1-3H3. The van der Waals surface area contributed by atoms with Crippen LogP contribution < -0.4 is 0 Å². The summed E-state index contributed by atoms with van der Waals surface area (Å²) >= 11 is 1.86. The number of hydrogen-bond donors (Lipinski definition) is 0. The second-order valence-corrected chi connectivity index (χ2v) is 11.6. The Bertz CT molecular complexity index is 1920. The largest absolute Gasteiger partial charge is 0.308 e. The molecule has 0 spiro atoms. The molecule has 2 nitrogen and oxygen atoms in total. The Hall–Kier alpha value is -3.95. The first-order chi connectivity index (χ1) is 17.5. The van der Waals surface area contributed by atoms with Crippen LogP contribution in [0.15, 0.2) is 103 Å². The lowest BCUT2D eigenvalue weighted by Crippen LogP contribution is -2.11. The van der Waals surface area contributed by atoms with Gasteiger partial charge >= 0.3 is 0 Å². The van der Waals surface area contributed by atoms with Crippen molar-refractivity contribution in [3.8, 4) is 16.8 Å². The van der Waals surface area contributed by atoms with Crippen molar-refractivity contribution in [2.75, 3.05) is 0 Å². The molecular weight excluding hydrogens is 456 g/mol. The van der Waals surface area contributed by atoms with Gasteiger partial charge in [-0.25, -0.2) is 0 Å². The Kier molecular flexibility index (Phi) is 4.61. The third-order valence-electron chi connectivity index (χ3n) is 7.18. The highest BCUT2D eigenvalue weighted by atomic mass is 32.1. The Labute approximate surface area is 214 Å². The molecule has 0 saturated heterocycles. The normalized spacial score (nSPS) is 12.3. The van der Waals surface area contributed by atoms with Crippen LogP contribution in [-0.2, 0) is 5.41 Å². The maximum atomic E-state index is 5.06. The molecular formula is C33H26N2S. The fourth-order valence-electron chi connectivity index (χ4n) is 5.27. The van der Waals surface area contributed by atoms with Crippen LogP contribution in [0.2, 0.25) is 0 Å². The van der Waals surface area contributed by atoms with Crippen LogP contribution in [0.25, 0.3) is 58.9 Å². The van der Waals surface area contributed by atoms with E-state index in [4.69, 9.17) is 4.98 Å². The molecule has 3 heteroatoms. The number of pyridine rings is 1. The second-order valence-electron chi connectivity index (χ2n) is 10.6. The molecule has 0 amide bonds. The van der Waals surface area contributed by atoms with Crippen molar-refractivity contribution in [2.24, 2.45) is 0 Å². The third kappa shape index (κ3) is 3.27. The predicted octanol–water partition coefficient (Wildman–Crippen LogP) is 9.51. The van der Waals surface area contributed by atoms with Crippen molar-refractivity contribution in [3.63, 3.8) is 0 Å². The number of thiophene rings is 1. The van der Waals surface area contributed by atoms with E-state index in [0.29, 0.717) is 0 Å². The van der Waals surface area contributed by atoms with E-state index in [1.54, 1.807) is 0 Å². The molecule has 0 bridgehead atoms. The first kappa shape index (κ1) is 21.3. The van der Waals surface area contributed by atoms with Crippen molar-refractivity contribution in [2.45, 2.75) is 26.2 Å². The molecule has 0 unspecified atom stereocenters.